The molecule has 1 fully saturated rings. The minimum Gasteiger partial charge on any atom is -0.467 e. The molecule has 2 heterocycles. The predicted octanol–water partition coefficient (Wildman–Crippen LogP) is 4.02. The van der Waals surface area contributed by atoms with E-state index >= 15 is 0 Å². The van der Waals surface area contributed by atoms with E-state index in [2.05, 4.69) is 24.4 Å². The zero-order chi connectivity index (χ0) is 16.0. The van der Waals surface area contributed by atoms with Crippen molar-refractivity contribution in [1.82, 2.24) is 5.32 Å². The number of carbonyl (C=O) groups excluding carboxylic acids is 1. The van der Waals surface area contributed by atoms with Crippen molar-refractivity contribution < 1.29 is 9.53 Å². The Morgan fingerprint density at radius 2 is 1.96 bits per heavy atom. The smallest absolute Gasteiger partial charge is 0.325 e. The van der Waals surface area contributed by atoms with Crippen molar-refractivity contribution in [2.24, 2.45) is 0 Å². The molecule has 0 radical (unpaired) electrons. The van der Waals surface area contributed by atoms with E-state index in [1.165, 1.54) is 5.56 Å². The molecule has 0 saturated carbocycles. The van der Waals surface area contributed by atoms with E-state index in [0.717, 1.165) is 29.8 Å². The third kappa shape index (κ3) is 2.17. The number of hydrogen-bond acceptors (Lipinski definition) is 2. The molecule has 4 heteroatoms. The van der Waals surface area contributed by atoms with Gasteiger partial charge in [0.1, 0.15) is 5.75 Å². The summed E-state index contributed by atoms with van der Waals surface area (Å²) in [5, 5.41) is 3.11. The molecule has 2 aliphatic rings. The lowest BCUT2D eigenvalue weighted by atomic mass is 9.90. The van der Waals surface area contributed by atoms with Gasteiger partial charge in [0, 0.05) is 17.7 Å². The maximum atomic E-state index is 12.7. The number of nitrogens with zero attached hydrogens (tertiary/aromatic N) is 1. The molecule has 4 nitrogen and oxygen atoms in total. The monoisotopic (exact) mass is 308 g/mol. The van der Waals surface area contributed by atoms with Gasteiger partial charge in [-0.25, -0.2) is 4.79 Å². The van der Waals surface area contributed by atoms with Gasteiger partial charge in [0.05, 0.1) is 6.04 Å². The van der Waals surface area contributed by atoms with Crippen molar-refractivity contribution in [2.45, 2.75) is 38.5 Å². The van der Waals surface area contributed by atoms with Gasteiger partial charge in [0.2, 0.25) is 0 Å². The molecule has 2 aromatic carbocycles. The molecule has 0 aromatic heterocycles. The highest BCUT2D eigenvalue weighted by atomic mass is 16.5. The minimum absolute atomic E-state index is 0.00335. The number of para-hydroxylation sites is 1. The quantitative estimate of drug-likeness (QED) is 0.910. The Morgan fingerprint density at radius 1 is 1.22 bits per heavy atom. The van der Waals surface area contributed by atoms with Crippen LogP contribution in [0.3, 0.4) is 0 Å². The number of aryl methyl sites for hydroxylation is 1. The van der Waals surface area contributed by atoms with Crippen molar-refractivity contribution in [3.63, 3.8) is 0 Å². The molecule has 2 bridgehead atoms. The van der Waals surface area contributed by atoms with Gasteiger partial charge in [-0.05, 0) is 37.1 Å². The van der Waals surface area contributed by atoms with Crippen molar-refractivity contribution >= 4 is 11.7 Å². The van der Waals surface area contributed by atoms with Crippen LogP contribution in [-0.2, 0) is 6.42 Å². The number of amides is 2. The zero-order valence-electron chi connectivity index (χ0n) is 13.4. The summed E-state index contributed by atoms with van der Waals surface area (Å²) in [7, 11) is 0. The van der Waals surface area contributed by atoms with Gasteiger partial charge in [-0.1, -0.05) is 37.3 Å². The van der Waals surface area contributed by atoms with Crippen LogP contribution < -0.4 is 15.0 Å². The zero-order valence-corrected chi connectivity index (χ0v) is 13.4. The number of benzene rings is 2. The molecule has 23 heavy (non-hydrogen) atoms. The lowest BCUT2D eigenvalue weighted by molar-refractivity contribution is 0.0379. The number of ether oxygens (including phenoxy) is 1. The van der Waals surface area contributed by atoms with Gasteiger partial charge >= 0.3 is 6.03 Å². The second-order valence-corrected chi connectivity index (χ2v) is 6.38. The lowest BCUT2D eigenvalue weighted by Gasteiger charge is -2.50. The van der Waals surface area contributed by atoms with Crippen LogP contribution >= 0.6 is 0 Å². The van der Waals surface area contributed by atoms with E-state index in [4.69, 9.17) is 4.74 Å². The van der Waals surface area contributed by atoms with Crippen LogP contribution in [0.2, 0.25) is 0 Å². The Hall–Kier alpha value is -2.49. The maximum absolute atomic E-state index is 12.7. The van der Waals surface area contributed by atoms with E-state index in [9.17, 15) is 4.79 Å². The SMILES string of the molecule is CCc1ccc(N2C(=O)N[C@@H]3C[C@]2(C)Oc2ccccc23)cc1. The normalized spacial score (nSPS) is 25.4. The molecule has 2 aromatic rings. The van der Waals surface area contributed by atoms with E-state index in [1.807, 2.05) is 43.3 Å². The van der Waals surface area contributed by atoms with Crippen molar-refractivity contribution in [1.29, 1.82) is 0 Å². The average molecular weight is 308 g/mol. The summed E-state index contributed by atoms with van der Waals surface area (Å²) in [6.45, 7) is 4.11. The van der Waals surface area contributed by atoms with Crippen molar-refractivity contribution in [3.8, 4) is 5.75 Å². The fourth-order valence-electron chi connectivity index (χ4n) is 3.59. The first-order valence-corrected chi connectivity index (χ1v) is 8.08. The number of hydrogen-bond donors (Lipinski definition) is 1. The van der Waals surface area contributed by atoms with Gasteiger partial charge in [0.15, 0.2) is 5.72 Å². The van der Waals surface area contributed by atoms with Crippen LogP contribution in [-0.4, -0.2) is 11.8 Å². The molecule has 0 spiro atoms. The summed E-state index contributed by atoms with van der Waals surface area (Å²) >= 11 is 0. The third-order valence-corrected chi connectivity index (χ3v) is 4.78. The standard InChI is InChI=1S/C19H20N2O2/c1-3-13-8-10-14(11-9-13)21-18(22)20-16-12-19(21,2)23-17-7-5-4-6-15(16)17/h4-11,16H,3,12H2,1-2H3,(H,20,22)/t16-,19+/m1/s1. The van der Waals surface area contributed by atoms with Gasteiger partial charge in [-0.15, -0.1) is 0 Å². The molecular weight excluding hydrogens is 288 g/mol. The van der Waals surface area contributed by atoms with Crippen LogP contribution in [0.1, 0.15) is 37.4 Å². The van der Waals surface area contributed by atoms with Gasteiger partial charge in [-0.3, -0.25) is 4.90 Å². The molecule has 1 N–H and O–H groups in total. The minimum atomic E-state index is -0.672. The van der Waals surface area contributed by atoms with E-state index in [0.29, 0.717) is 0 Å². The summed E-state index contributed by atoms with van der Waals surface area (Å²) in [6.07, 6.45) is 1.71. The highest BCUT2D eigenvalue weighted by Gasteiger charge is 2.49. The molecule has 4 rings (SSSR count). The Bertz CT molecular complexity index is 756. The summed E-state index contributed by atoms with van der Waals surface area (Å²) in [6, 6.07) is 15.9. The van der Waals surface area contributed by atoms with Crippen molar-refractivity contribution in [3.05, 3.63) is 59.7 Å². The highest BCUT2D eigenvalue weighted by molar-refractivity contribution is 5.94. The molecule has 118 valence electrons. The summed E-state index contributed by atoms with van der Waals surface area (Å²) in [4.78, 5) is 14.4. The van der Waals surface area contributed by atoms with Gasteiger partial charge in [-0.2, -0.15) is 0 Å². The van der Waals surface area contributed by atoms with E-state index in [-0.39, 0.29) is 12.1 Å². The number of anilines is 1. The van der Waals surface area contributed by atoms with Crippen LogP contribution in [0.4, 0.5) is 10.5 Å². The fourth-order valence-corrected chi connectivity index (χ4v) is 3.59. The fraction of sp³-hybridized carbons (Fsp3) is 0.316. The summed E-state index contributed by atoms with van der Waals surface area (Å²) in [5.41, 5.74) is 2.50. The Labute approximate surface area is 136 Å². The van der Waals surface area contributed by atoms with Crippen LogP contribution in [0.5, 0.6) is 5.75 Å². The Balaban J connectivity index is 1.76. The van der Waals surface area contributed by atoms with Crippen molar-refractivity contribution in [2.75, 3.05) is 4.90 Å². The number of fused-ring (bicyclic) bond motifs is 4. The second-order valence-electron chi connectivity index (χ2n) is 6.38. The van der Waals surface area contributed by atoms with Gasteiger partial charge < -0.3 is 10.1 Å². The lowest BCUT2D eigenvalue weighted by Crippen LogP contribution is -2.65. The van der Waals surface area contributed by atoms with Gasteiger partial charge in [0.25, 0.3) is 0 Å². The number of rotatable bonds is 2. The summed E-state index contributed by atoms with van der Waals surface area (Å²) in [5.74, 6) is 0.849. The third-order valence-electron chi connectivity index (χ3n) is 4.78. The molecule has 0 unspecified atom stereocenters. The topological polar surface area (TPSA) is 41.6 Å². The first-order valence-electron chi connectivity index (χ1n) is 8.08. The molecule has 1 saturated heterocycles. The Morgan fingerprint density at radius 3 is 2.70 bits per heavy atom. The van der Waals surface area contributed by atoms with E-state index < -0.39 is 5.72 Å². The summed E-state index contributed by atoms with van der Waals surface area (Å²) < 4.78 is 6.25. The largest absolute Gasteiger partial charge is 0.467 e. The average Bonchev–Trinajstić information content (AvgIpc) is 2.54. The number of nitrogens with one attached hydrogen (secondary N) is 1. The molecule has 2 aliphatic heterocycles. The van der Waals surface area contributed by atoms with Crippen LogP contribution in [0, 0.1) is 0 Å². The number of urea groups is 1. The Kier molecular flexibility index (Phi) is 3.08. The molecule has 2 amide bonds. The second kappa shape index (κ2) is 5.01. The maximum Gasteiger partial charge on any atom is 0.325 e. The number of carbonyl (C=O) groups is 1. The van der Waals surface area contributed by atoms with Crippen LogP contribution in [0.15, 0.2) is 48.5 Å². The first-order chi connectivity index (χ1) is 11.1. The van der Waals surface area contributed by atoms with E-state index in [1.54, 1.807) is 4.90 Å². The van der Waals surface area contributed by atoms with Crippen LogP contribution in [0.25, 0.3) is 0 Å². The molecule has 0 aliphatic carbocycles. The predicted molar refractivity (Wildman–Crippen MR) is 89.7 cm³/mol. The highest BCUT2D eigenvalue weighted by Crippen LogP contribution is 2.45. The molecule has 2 atom stereocenters. The molecular formula is C19H20N2O2. The first kappa shape index (κ1) is 14.1.